The van der Waals surface area contributed by atoms with E-state index in [4.69, 9.17) is 9.84 Å². The summed E-state index contributed by atoms with van der Waals surface area (Å²) in [6.07, 6.45) is 4.51. The molecule has 8 heteroatoms. The Morgan fingerprint density at radius 2 is 1.60 bits per heavy atom. The summed E-state index contributed by atoms with van der Waals surface area (Å²) >= 11 is 0. The van der Waals surface area contributed by atoms with Crippen molar-refractivity contribution < 1.29 is 28.9 Å². The lowest BCUT2D eigenvalue weighted by atomic mass is 9.94. The first-order valence-corrected chi connectivity index (χ1v) is 15.4. The van der Waals surface area contributed by atoms with Gasteiger partial charge in [-0.2, -0.15) is 0 Å². The Morgan fingerprint density at radius 1 is 0.933 bits per heavy atom. The minimum absolute atomic E-state index is 0.0501. The first-order valence-electron chi connectivity index (χ1n) is 15.4. The predicted molar refractivity (Wildman–Crippen MR) is 175 cm³/mol. The van der Waals surface area contributed by atoms with Gasteiger partial charge in [-0.1, -0.05) is 80.6 Å². The van der Waals surface area contributed by atoms with Gasteiger partial charge in [0.1, 0.15) is 18.0 Å². The molecule has 7 nitrogen and oxygen atoms in total. The summed E-state index contributed by atoms with van der Waals surface area (Å²) in [4.78, 5) is 23.2. The van der Waals surface area contributed by atoms with Crippen LogP contribution in [-0.4, -0.2) is 45.8 Å². The van der Waals surface area contributed by atoms with Crippen LogP contribution in [0, 0.1) is 5.82 Å². The van der Waals surface area contributed by atoms with Crippen LogP contribution >= 0.6 is 0 Å². The maximum atomic E-state index is 15.2. The number of halogens is 1. The monoisotopic (exact) mass is 610 g/mol. The van der Waals surface area contributed by atoms with Gasteiger partial charge >= 0.3 is 5.97 Å². The van der Waals surface area contributed by atoms with Gasteiger partial charge in [0.25, 0.3) is 0 Å². The number of carboxylic acids is 1. The van der Waals surface area contributed by atoms with Crippen LogP contribution in [0.15, 0.2) is 84.9 Å². The van der Waals surface area contributed by atoms with Crippen LogP contribution in [0.25, 0.3) is 28.5 Å². The van der Waals surface area contributed by atoms with E-state index >= 15 is 4.39 Å². The predicted octanol–water partition coefficient (Wildman–Crippen LogP) is 7.81. The molecule has 5 rings (SSSR count). The number of aliphatic carboxylic acids is 1. The number of carbonyl (C=O) groups excluding carboxylic acids is 1. The number of aliphatic hydroxyl groups excluding tert-OH is 1. The summed E-state index contributed by atoms with van der Waals surface area (Å²) < 4.78 is 23.5. The molecule has 0 spiro atoms. The molecule has 0 saturated carbocycles. The van der Waals surface area contributed by atoms with Crippen molar-refractivity contribution in [2.24, 2.45) is 0 Å². The van der Waals surface area contributed by atoms with Gasteiger partial charge in [-0.15, -0.1) is 0 Å². The molecule has 1 unspecified atom stereocenters. The number of Topliss-reactive ketones (excluding diaryl/α,β-unsaturated/α-hetero) is 1. The van der Waals surface area contributed by atoms with Crippen LogP contribution in [0.3, 0.4) is 0 Å². The molecular weight excluding hydrogens is 571 g/mol. The second-order valence-corrected chi connectivity index (χ2v) is 11.7. The SMILES string of the molecule is CC(C)c1c(/C=C/C(O)CC(=O)CC(=O)O)c(-c2ccc(F)c(Oc3ccccc3)c2)c(-c2ccccc2)n1N1CCCCC1. The third-order valence-electron chi connectivity index (χ3n) is 7.89. The highest BCUT2D eigenvalue weighted by molar-refractivity contribution is 5.95. The van der Waals surface area contributed by atoms with Gasteiger partial charge in [0.15, 0.2) is 11.6 Å². The molecule has 0 amide bonds. The number of carboxylic acid groups (broad SMARTS) is 1. The molecule has 1 aromatic heterocycles. The van der Waals surface area contributed by atoms with Gasteiger partial charge in [-0.05, 0) is 55.0 Å². The number of nitrogens with zero attached hydrogens (tertiary/aromatic N) is 2. The third kappa shape index (κ3) is 7.52. The molecule has 45 heavy (non-hydrogen) atoms. The number of ether oxygens (including phenoxy) is 1. The highest BCUT2D eigenvalue weighted by atomic mass is 19.1. The van der Waals surface area contributed by atoms with Gasteiger partial charge in [-0.3, -0.25) is 14.3 Å². The normalized spacial score (nSPS) is 14.2. The van der Waals surface area contributed by atoms with Crippen molar-refractivity contribution in [3.8, 4) is 33.9 Å². The van der Waals surface area contributed by atoms with Gasteiger partial charge in [0.05, 0.1) is 17.5 Å². The number of benzene rings is 3. The van der Waals surface area contributed by atoms with Gasteiger partial charge in [0.2, 0.25) is 0 Å². The summed E-state index contributed by atoms with van der Waals surface area (Å²) in [5, 5.41) is 22.1. The minimum atomic E-state index is -1.23. The molecule has 0 aliphatic carbocycles. The molecule has 2 heterocycles. The van der Waals surface area contributed by atoms with Crippen molar-refractivity contribution in [2.75, 3.05) is 18.1 Å². The zero-order chi connectivity index (χ0) is 31.9. The second-order valence-electron chi connectivity index (χ2n) is 11.7. The average molecular weight is 611 g/mol. The maximum Gasteiger partial charge on any atom is 0.310 e. The fourth-order valence-electron chi connectivity index (χ4n) is 5.95. The largest absolute Gasteiger partial charge is 0.481 e. The Bertz CT molecular complexity index is 1660. The average Bonchev–Trinajstić information content (AvgIpc) is 3.37. The smallest absolute Gasteiger partial charge is 0.310 e. The van der Waals surface area contributed by atoms with Crippen LogP contribution < -0.4 is 9.75 Å². The van der Waals surface area contributed by atoms with Crippen molar-refractivity contribution in [1.29, 1.82) is 0 Å². The van der Waals surface area contributed by atoms with E-state index in [0.29, 0.717) is 5.75 Å². The van der Waals surface area contributed by atoms with E-state index in [-0.39, 0.29) is 18.1 Å². The number of piperidine rings is 1. The summed E-state index contributed by atoms with van der Waals surface area (Å²) in [6.45, 7) is 5.98. The Labute approximate surface area is 263 Å². The topological polar surface area (TPSA) is 92.0 Å². The Kier molecular flexibility index (Phi) is 10.1. The number of rotatable bonds is 12. The number of ketones is 1. The Morgan fingerprint density at radius 3 is 2.24 bits per heavy atom. The molecular formula is C37H39FN2O5. The molecule has 1 aliphatic heterocycles. The summed E-state index contributed by atoms with van der Waals surface area (Å²) in [5.74, 6) is -1.62. The molecule has 0 radical (unpaired) electrons. The Balaban J connectivity index is 1.74. The van der Waals surface area contributed by atoms with Crippen LogP contribution in [0.5, 0.6) is 11.5 Å². The van der Waals surface area contributed by atoms with Crippen molar-refractivity contribution >= 4 is 17.8 Å². The van der Waals surface area contributed by atoms with Crippen molar-refractivity contribution in [2.45, 2.75) is 58.0 Å². The van der Waals surface area contributed by atoms with Gasteiger partial charge in [0, 0.05) is 36.2 Å². The van der Waals surface area contributed by atoms with E-state index < -0.39 is 30.1 Å². The van der Waals surface area contributed by atoms with E-state index in [1.54, 1.807) is 30.3 Å². The first kappa shape index (κ1) is 31.7. The van der Waals surface area contributed by atoms with E-state index in [1.165, 1.54) is 6.07 Å². The summed E-state index contributed by atoms with van der Waals surface area (Å²) in [5.41, 5.74) is 5.34. The van der Waals surface area contributed by atoms with Crippen molar-refractivity contribution in [3.63, 3.8) is 0 Å². The molecule has 3 aromatic carbocycles. The molecule has 4 aromatic rings. The minimum Gasteiger partial charge on any atom is -0.481 e. The zero-order valence-electron chi connectivity index (χ0n) is 25.7. The lowest BCUT2D eigenvalue weighted by Crippen LogP contribution is -2.40. The standard InChI is InChI=1S/C37H39FN2O5/c1-25(2)36-31(18-17-28(41)23-29(42)24-34(43)44)35(27-16-19-32(38)33(22-27)45-30-14-8-4-9-15-30)37(26-12-6-3-7-13-26)40(36)39-20-10-5-11-21-39/h3-4,6-9,12-19,22,25,28,41H,5,10-11,20-21,23-24H2,1-2H3,(H,43,44)/b18-17+. The lowest BCUT2D eigenvalue weighted by Gasteiger charge is -2.34. The number of para-hydroxylation sites is 1. The summed E-state index contributed by atoms with van der Waals surface area (Å²) in [6, 6.07) is 24.0. The Hall–Kier alpha value is -4.69. The number of hydrogen-bond donors (Lipinski definition) is 2. The van der Waals surface area contributed by atoms with Crippen LogP contribution in [0.4, 0.5) is 4.39 Å². The quantitative estimate of drug-likeness (QED) is 0.159. The van der Waals surface area contributed by atoms with Crippen molar-refractivity contribution in [3.05, 3.63) is 102 Å². The molecule has 1 fully saturated rings. The number of carbonyl (C=O) groups is 2. The van der Waals surface area contributed by atoms with Crippen LogP contribution in [0.1, 0.15) is 63.1 Å². The zero-order valence-corrected chi connectivity index (χ0v) is 25.7. The van der Waals surface area contributed by atoms with E-state index in [1.807, 2.05) is 42.5 Å². The van der Waals surface area contributed by atoms with E-state index in [2.05, 4.69) is 35.7 Å². The molecule has 2 N–H and O–H groups in total. The molecule has 0 bridgehead atoms. The van der Waals surface area contributed by atoms with E-state index in [9.17, 15) is 14.7 Å². The van der Waals surface area contributed by atoms with Crippen molar-refractivity contribution in [1.82, 2.24) is 4.68 Å². The van der Waals surface area contributed by atoms with Gasteiger partial charge < -0.3 is 20.0 Å². The fourth-order valence-corrected chi connectivity index (χ4v) is 5.95. The number of aromatic nitrogens is 1. The fraction of sp³-hybridized carbons (Fsp3) is 0.297. The number of hydrogen-bond acceptors (Lipinski definition) is 5. The third-order valence-corrected chi connectivity index (χ3v) is 7.89. The first-order chi connectivity index (χ1) is 21.7. The highest BCUT2D eigenvalue weighted by Gasteiger charge is 2.29. The highest BCUT2D eigenvalue weighted by Crippen LogP contribution is 2.44. The van der Waals surface area contributed by atoms with Crippen LogP contribution in [-0.2, 0) is 9.59 Å². The molecule has 234 valence electrons. The number of aliphatic hydroxyl groups is 1. The van der Waals surface area contributed by atoms with Crippen LogP contribution in [0.2, 0.25) is 0 Å². The van der Waals surface area contributed by atoms with E-state index in [0.717, 1.165) is 66.0 Å². The van der Waals surface area contributed by atoms with Gasteiger partial charge in [-0.25, -0.2) is 4.39 Å². The molecule has 1 saturated heterocycles. The second kappa shape index (κ2) is 14.4. The molecule has 1 aliphatic rings. The maximum absolute atomic E-state index is 15.2. The lowest BCUT2D eigenvalue weighted by molar-refractivity contribution is -0.140. The summed E-state index contributed by atoms with van der Waals surface area (Å²) in [7, 11) is 0. The molecule has 1 atom stereocenters.